The van der Waals surface area contributed by atoms with Gasteiger partial charge in [-0.3, -0.25) is 9.59 Å². The number of carbonyl (C=O) groups is 2. The van der Waals surface area contributed by atoms with Crippen LogP contribution < -0.4 is 10.6 Å². The van der Waals surface area contributed by atoms with E-state index < -0.39 is 11.8 Å². The van der Waals surface area contributed by atoms with Crippen LogP contribution in [-0.4, -0.2) is 50.0 Å². The molecule has 0 aromatic carbocycles. The number of anilines is 1. The summed E-state index contributed by atoms with van der Waals surface area (Å²) in [5.74, 6) is -0.751. The van der Waals surface area contributed by atoms with Gasteiger partial charge in [0, 0.05) is 12.7 Å². The van der Waals surface area contributed by atoms with Crippen molar-refractivity contribution in [2.75, 3.05) is 18.4 Å². The molecule has 3 heterocycles. The molecule has 1 aliphatic heterocycles. The molecule has 3 N–H and O–H groups in total. The van der Waals surface area contributed by atoms with Crippen LogP contribution in [0.2, 0.25) is 0 Å². The fourth-order valence-corrected chi connectivity index (χ4v) is 2.10. The fraction of sp³-hybridized carbons (Fsp3) is 0.308. The van der Waals surface area contributed by atoms with E-state index in [1.54, 1.807) is 0 Å². The minimum absolute atomic E-state index is 0.135. The number of aryl methyl sites for hydroxylation is 1. The number of hydrogen-bond acceptors (Lipinski definition) is 7. The maximum atomic E-state index is 12.0. The molecule has 0 saturated carbocycles. The number of aromatic hydroxyl groups is 1. The molecule has 0 spiro atoms. The quantitative estimate of drug-likeness (QED) is 0.718. The lowest BCUT2D eigenvalue weighted by atomic mass is 10.2. The van der Waals surface area contributed by atoms with Crippen LogP contribution in [-0.2, 0) is 6.42 Å². The predicted molar refractivity (Wildman–Crippen MR) is 75.7 cm³/mol. The number of nitrogens with one attached hydrogen (secondary N) is 2. The van der Waals surface area contributed by atoms with Crippen molar-refractivity contribution in [3.63, 3.8) is 0 Å². The monoisotopic (exact) mass is 302 g/mol. The van der Waals surface area contributed by atoms with Crippen LogP contribution in [0, 0.1) is 0 Å². The number of fused-ring (bicyclic) bond motifs is 1. The van der Waals surface area contributed by atoms with E-state index in [2.05, 4.69) is 25.8 Å². The van der Waals surface area contributed by atoms with E-state index >= 15 is 0 Å². The first-order valence-corrected chi connectivity index (χ1v) is 6.80. The van der Waals surface area contributed by atoms with E-state index in [1.165, 1.54) is 18.3 Å². The second kappa shape index (κ2) is 5.80. The van der Waals surface area contributed by atoms with Crippen LogP contribution in [0.3, 0.4) is 0 Å². The smallest absolute Gasteiger partial charge is 0.283 e. The molecule has 0 radical (unpaired) electrons. The number of hydrogen-bond donors (Lipinski definition) is 3. The summed E-state index contributed by atoms with van der Waals surface area (Å²) in [6.45, 7) is 0.512. The fourth-order valence-electron chi connectivity index (χ4n) is 2.10. The molecule has 9 nitrogen and oxygen atoms in total. The van der Waals surface area contributed by atoms with E-state index in [9.17, 15) is 14.7 Å². The molecule has 0 unspecified atom stereocenters. The summed E-state index contributed by atoms with van der Waals surface area (Å²) >= 11 is 0. The van der Waals surface area contributed by atoms with Crippen molar-refractivity contribution in [3.05, 3.63) is 29.7 Å². The van der Waals surface area contributed by atoms with Crippen molar-refractivity contribution < 1.29 is 14.7 Å². The number of carbonyl (C=O) groups excluding carboxylic acids is 2. The van der Waals surface area contributed by atoms with Crippen molar-refractivity contribution >= 4 is 17.6 Å². The Kier molecular flexibility index (Phi) is 3.69. The average molecular weight is 302 g/mol. The van der Waals surface area contributed by atoms with E-state index in [-0.39, 0.29) is 18.0 Å². The third-order valence-corrected chi connectivity index (χ3v) is 3.19. The molecule has 0 bridgehead atoms. The zero-order valence-electron chi connectivity index (χ0n) is 11.6. The largest absolute Gasteiger partial charge is 0.505 e. The van der Waals surface area contributed by atoms with E-state index in [0.717, 1.165) is 29.9 Å². The van der Waals surface area contributed by atoms with Crippen LogP contribution in [0.15, 0.2) is 18.3 Å². The highest BCUT2D eigenvalue weighted by molar-refractivity contribution is 5.97. The van der Waals surface area contributed by atoms with Gasteiger partial charge in [0.05, 0.1) is 0 Å². The number of aromatic nitrogens is 4. The lowest BCUT2D eigenvalue weighted by Gasteiger charge is -2.08. The second-order valence-corrected chi connectivity index (χ2v) is 4.76. The highest BCUT2D eigenvalue weighted by atomic mass is 16.3. The van der Waals surface area contributed by atoms with Crippen molar-refractivity contribution in [2.45, 2.75) is 12.8 Å². The minimum Gasteiger partial charge on any atom is -0.505 e. The molecule has 1 amide bonds. The molecule has 1 aliphatic rings. The summed E-state index contributed by atoms with van der Waals surface area (Å²) < 4.78 is 0. The van der Waals surface area contributed by atoms with E-state index in [0.29, 0.717) is 5.82 Å². The first kappa shape index (κ1) is 14.0. The molecule has 2 aromatic rings. The Labute approximate surface area is 125 Å². The Balaban J connectivity index is 1.64. The summed E-state index contributed by atoms with van der Waals surface area (Å²) in [6.07, 6.45) is 3.09. The maximum absolute atomic E-state index is 12.0. The van der Waals surface area contributed by atoms with E-state index in [1.807, 2.05) is 0 Å². The van der Waals surface area contributed by atoms with Crippen LogP contribution in [0.25, 0.3) is 0 Å². The van der Waals surface area contributed by atoms with Crippen molar-refractivity contribution in [2.24, 2.45) is 0 Å². The van der Waals surface area contributed by atoms with Gasteiger partial charge in [0.1, 0.15) is 18.0 Å². The molecule has 0 fully saturated rings. The van der Waals surface area contributed by atoms with Gasteiger partial charge in [0.25, 0.3) is 11.8 Å². The molecular formula is C13H14N6O3. The molecule has 3 rings (SSSR count). The number of amides is 1. The molecule has 0 aliphatic carbocycles. The molecule has 0 saturated heterocycles. The van der Waals surface area contributed by atoms with Gasteiger partial charge in [-0.1, -0.05) is 0 Å². The highest BCUT2D eigenvalue weighted by Gasteiger charge is 2.19. The van der Waals surface area contributed by atoms with Crippen LogP contribution in [0.1, 0.15) is 27.4 Å². The van der Waals surface area contributed by atoms with Gasteiger partial charge >= 0.3 is 0 Å². The number of pyridine rings is 1. The highest BCUT2D eigenvalue weighted by Crippen LogP contribution is 2.16. The molecule has 114 valence electrons. The van der Waals surface area contributed by atoms with Gasteiger partial charge in [-0.2, -0.15) is 0 Å². The standard InChI is InChI=1S/C13H14N6O3/c20-9-4-2-5-14-11(9)13(22)16-7-10(21)19-17-8-3-1-6-15-12(8)18-19/h2,4-5,20H,1,3,6-7H2,(H,15,18)(H,16,22). The van der Waals surface area contributed by atoms with Gasteiger partial charge in [-0.25, -0.2) is 4.98 Å². The lowest BCUT2D eigenvalue weighted by Crippen LogP contribution is -2.33. The third kappa shape index (κ3) is 2.73. The number of rotatable bonds is 3. The van der Waals surface area contributed by atoms with Gasteiger partial charge in [0.2, 0.25) is 0 Å². The van der Waals surface area contributed by atoms with Crippen LogP contribution >= 0.6 is 0 Å². The van der Waals surface area contributed by atoms with Crippen LogP contribution in [0.4, 0.5) is 5.82 Å². The van der Waals surface area contributed by atoms with Gasteiger partial charge in [0.15, 0.2) is 11.5 Å². The molecule has 9 heteroatoms. The summed E-state index contributed by atoms with van der Waals surface area (Å²) in [5.41, 5.74) is 0.609. The summed E-state index contributed by atoms with van der Waals surface area (Å²) in [5, 5.41) is 23.1. The number of nitrogens with zero attached hydrogens (tertiary/aromatic N) is 4. The second-order valence-electron chi connectivity index (χ2n) is 4.76. The third-order valence-electron chi connectivity index (χ3n) is 3.19. The molecular weight excluding hydrogens is 288 g/mol. The molecule has 2 aromatic heterocycles. The zero-order valence-corrected chi connectivity index (χ0v) is 11.6. The van der Waals surface area contributed by atoms with Crippen molar-refractivity contribution in [3.8, 4) is 5.75 Å². The first-order chi connectivity index (χ1) is 10.6. The zero-order chi connectivity index (χ0) is 15.5. The van der Waals surface area contributed by atoms with Gasteiger partial charge < -0.3 is 15.7 Å². The minimum atomic E-state index is -0.638. The van der Waals surface area contributed by atoms with E-state index in [4.69, 9.17) is 0 Å². The predicted octanol–water partition coefficient (Wildman–Crippen LogP) is -0.193. The van der Waals surface area contributed by atoms with Gasteiger partial charge in [-0.05, 0) is 25.0 Å². The Morgan fingerprint density at radius 3 is 3.05 bits per heavy atom. The summed E-state index contributed by atoms with van der Waals surface area (Å²) in [6, 6.07) is 2.85. The Bertz CT molecular complexity index is 703. The SMILES string of the molecule is O=C(NCC(=O)n1nc2c(n1)NCCC2)c1ncccc1O. The summed E-state index contributed by atoms with van der Waals surface area (Å²) in [4.78, 5) is 28.6. The Hall–Kier alpha value is -2.97. The van der Waals surface area contributed by atoms with Crippen molar-refractivity contribution in [1.82, 2.24) is 25.3 Å². The van der Waals surface area contributed by atoms with Gasteiger partial charge in [-0.15, -0.1) is 15.0 Å². The van der Waals surface area contributed by atoms with Crippen LogP contribution in [0.5, 0.6) is 5.75 Å². The summed E-state index contributed by atoms with van der Waals surface area (Å²) in [7, 11) is 0. The topological polar surface area (TPSA) is 122 Å². The lowest BCUT2D eigenvalue weighted by molar-refractivity contribution is 0.0834. The Morgan fingerprint density at radius 1 is 1.41 bits per heavy atom. The maximum Gasteiger partial charge on any atom is 0.283 e. The average Bonchev–Trinajstić information content (AvgIpc) is 2.97. The normalized spacial score (nSPS) is 13.1. The Morgan fingerprint density at radius 2 is 2.27 bits per heavy atom. The molecule has 22 heavy (non-hydrogen) atoms. The first-order valence-electron chi connectivity index (χ1n) is 6.80. The molecule has 0 atom stereocenters. The van der Waals surface area contributed by atoms with Crippen molar-refractivity contribution in [1.29, 1.82) is 0 Å².